The van der Waals surface area contributed by atoms with Gasteiger partial charge in [-0.1, -0.05) is 27.7 Å². The van der Waals surface area contributed by atoms with Crippen LogP contribution in [0.5, 0.6) is 0 Å². The van der Waals surface area contributed by atoms with E-state index in [0.717, 1.165) is 37.4 Å². The molecule has 0 bridgehead atoms. The van der Waals surface area contributed by atoms with E-state index in [2.05, 4.69) is 51.9 Å². The van der Waals surface area contributed by atoms with Gasteiger partial charge in [0, 0.05) is 24.7 Å². The zero-order valence-corrected chi connectivity index (χ0v) is 13.2. The normalized spacial score (nSPS) is 30.0. The molecule has 0 saturated carbocycles. The van der Waals surface area contributed by atoms with Gasteiger partial charge in [0.15, 0.2) is 0 Å². The molecule has 1 aliphatic heterocycles. The number of likely N-dealkylation sites (tertiary alicyclic amines) is 1. The van der Waals surface area contributed by atoms with Crippen LogP contribution in [0.15, 0.2) is 0 Å². The molecule has 1 fully saturated rings. The molecule has 108 valence electrons. The number of likely N-dealkylation sites (N-methyl/N-ethyl adjacent to an activating group) is 1. The monoisotopic (exact) mass is 255 g/mol. The molecule has 3 nitrogen and oxygen atoms in total. The van der Waals surface area contributed by atoms with Gasteiger partial charge in [-0.2, -0.15) is 0 Å². The van der Waals surface area contributed by atoms with Crippen LogP contribution in [-0.4, -0.2) is 43.2 Å². The lowest BCUT2D eigenvalue weighted by molar-refractivity contribution is 0.230. The average molecular weight is 255 g/mol. The smallest absolute Gasteiger partial charge is 0.0447 e. The molecule has 1 saturated heterocycles. The Hall–Kier alpha value is -0.120. The molecule has 0 aliphatic carbocycles. The summed E-state index contributed by atoms with van der Waals surface area (Å²) in [7, 11) is 2.20. The molecule has 1 heterocycles. The number of hydrogen-bond acceptors (Lipinski definition) is 3. The van der Waals surface area contributed by atoms with Crippen LogP contribution in [0.2, 0.25) is 0 Å². The highest BCUT2D eigenvalue weighted by Gasteiger charge is 2.39. The molecule has 0 radical (unpaired) electrons. The molecule has 2 unspecified atom stereocenters. The average Bonchev–Trinajstić information content (AvgIpc) is 2.54. The van der Waals surface area contributed by atoms with E-state index in [1.807, 2.05) is 0 Å². The van der Waals surface area contributed by atoms with Crippen LogP contribution in [0.25, 0.3) is 0 Å². The third-order valence-electron chi connectivity index (χ3n) is 4.81. The lowest BCUT2D eigenvalue weighted by atomic mass is 9.84. The maximum atomic E-state index is 6.04. The Kier molecular flexibility index (Phi) is 5.63. The molecule has 0 aromatic heterocycles. The van der Waals surface area contributed by atoms with Gasteiger partial charge in [-0.05, 0) is 44.7 Å². The minimum Gasteiger partial charge on any atom is -0.329 e. The second kappa shape index (κ2) is 6.36. The van der Waals surface area contributed by atoms with Crippen molar-refractivity contribution in [2.24, 2.45) is 23.5 Å². The minimum absolute atomic E-state index is 0.135. The zero-order valence-electron chi connectivity index (χ0n) is 13.2. The van der Waals surface area contributed by atoms with Gasteiger partial charge in [0.1, 0.15) is 0 Å². The molecule has 1 aliphatic rings. The second-order valence-electron chi connectivity index (χ2n) is 6.99. The third kappa shape index (κ3) is 3.69. The molecule has 0 spiro atoms. The van der Waals surface area contributed by atoms with Crippen molar-refractivity contribution in [3.63, 3.8) is 0 Å². The van der Waals surface area contributed by atoms with Crippen molar-refractivity contribution < 1.29 is 0 Å². The van der Waals surface area contributed by atoms with Crippen LogP contribution in [0, 0.1) is 17.8 Å². The number of rotatable bonds is 6. The fourth-order valence-corrected chi connectivity index (χ4v) is 3.34. The summed E-state index contributed by atoms with van der Waals surface area (Å²) in [4.78, 5) is 2.42. The summed E-state index contributed by atoms with van der Waals surface area (Å²) in [5.41, 5.74) is 6.18. The van der Waals surface area contributed by atoms with Crippen molar-refractivity contribution in [2.45, 2.75) is 52.6 Å². The Bertz CT molecular complexity index is 232. The summed E-state index contributed by atoms with van der Waals surface area (Å²) in [5.74, 6) is 2.18. The van der Waals surface area contributed by atoms with Crippen LogP contribution in [0.1, 0.15) is 41.0 Å². The summed E-state index contributed by atoms with van der Waals surface area (Å²) in [6.07, 6.45) is 1.17. The fourth-order valence-electron chi connectivity index (χ4n) is 3.34. The summed E-state index contributed by atoms with van der Waals surface area (Å²) in [6, 6.07) is 0.637. The van der Waals surface area contributed by atoms with Crippen molar-refractivity contribution >= 4 is 0 Å². The number of nitrogens with zero attached hydrogens (tertiary/aromatic N) is 1. The zero-order chi connectivity index (χ0) is 13.9. The highest BCUT2D eigenvalue weighted by atomic mass is 15.2. The molecule has 3 heteroatoms. The number of hydrogen-bond donors (Lipinski definition) is 2. The van der Waals surface area contributed by atoms with Gasteiger partial charge in [-0.15, -0.1) is 0 Å². The van der Waals surface area contributed by atoms with Crippen LogP contribution in [0.3, 0.4) is 0 Å². The van der Waals surface area contributed by atoms with Crippen LogP contribution in [0.4, 0.5) is 0 Å². The van der Waals surface area contributed by atoms with E-state index in [4.69, 9.17) is 5.73 Å². The fraction of sp³-hybridized carbons (Fsp3) is 1.00. The molecular weight excluding hydrogens is 222 g/mol. The van der Waals surface area contributed by atoms with E-state index < -0.39 is 0 Å². The Morgan fingerprint density at radius 2 is 1.83 bits per heavy atom. The molecule has 0 aromatic carbocycles. The van der Waals surface area contributed by atoms with Crippen molar-refractivity contribution in [1.29, 1.82) is 0 Å². The predicted molar refractivity (Wildman–Crippen MR) is 79.7 cm³/mol. The van der Waals surface area contributed by atoms with Crippen molar-refractivity contribution in [1.82, 2.24) is 10.2 Å². The summed E-state index contributed by atoms with van der Waals surface area (Å²) in [6.45, 7) is 14.5. The van der Waals surface area contributed by atoms with Crippen LogP contribution < -0.4 is 11.1 Å². The molecule has 0 aromatic rings. The molecular formula is C15H33N3. The van der Waals surface area contributed by atoms with Gasteiger partial charge >= 0.3 is 0 Å². The van der Waals surface area contributed by atoms with Crippen molar-refractivity contribution in [2.75, 3.05) is 26.7 Å². The van der Waals surface area contributed by atoms with Crippen molar-refractivity contribution in [3.05, 3.63) is 0 Å². The molecule has 3 N–H and O–H groups in total. The standard InChI is InChI=1S/C15H33N3/c1-11(2)14(12(3)4)8-17-15(9-16)7-13(5)18(6)10-15/h11-14,17H,7-10,16H2,1-6H3. The van der Waals surface area contributed by atoms with Crippen LogP contribution >= 0.6 is 0 Å². The lowest BCUT2D eigenvalue weighted by Gasteiger charge is -2.34. The molecule has 18 heavy (non-hydrogen) atoms. The molecule has 2 atom stereocenters. The number of nitrogens with two attached hydrogens (primary N) is 1. The van der Waals surface area contributed by atoms with E-state index >= 15 is 0 Å². The first-order valence-electron chi connectivity index (χ1n) is 7.46. The Morgan fingerprint density at radius 1 is 1.28 bits per heavy atom. The van der Waals surface area contributed by atoms with Crippen LogP contribution in [-0.2, 0) is 0 Å². The maximum absolute atomic E-state index is 6.04. The maximum Gasteiger partial charge on any atom is 0.0447 e. The number of nitrogens with one attached hydrogen (secondary N) is 1. The largest absolute Gasteiger partial charge is 0.329 e. The first-order chi connectivity index (χ1) is 8.31. The van der Waals surface area contributed by atoms with Gasteiger partial charge < -0.3 is 16.0 Å². The predicted octanol–water partition coefficient (Wildman–Crippen LogP) is 1.93. The molecule has 0 amide bonds. The highest BCUT2D eigenvalue weighted by Crippen LogP contribution is 2.27. The second-order valence-corrected chi connectivity index (χ2v) is 6.99. The van der Waals surface area contributed by atoms with E-state index in [-0.39, 0.29) is 5.54 Å². The molecule has 1 rings (SSSR count). The van der Waals surface area contributed by atoms with Crippen molar-refractivity contribution in [3.8, 4) is 0 Å². The van der Waals surface area contributed by atoms with E-state index in [1.54, 1.807) is 0 Å². The van der Waals surface area contributed by atoms with Gasteiger partial charge in [-0.3, -0.25) is 0 Å². The van der Waals surface area contributed by atoms with E-state index in [0.29, 0.717) is 6.04 Å². The quantitative estimate of drug-likeness (QED) is 0.762. The third-order valence-corrected chi connectivity index (χ3v) is 4.81. The summed E-state index contributed by atoms with van der Waals surface area (Å²) >= 11 is 0. The summed E-state index contributed by atoms with van der Waals surface area (Å²) in [5, 5.41) is 3.80. The van der Waals surface area contributed by atoms with Gasteiger partial charge in [0.05, 0.1) is 0 Å². The highest BCUT2D eigenvalue weighted by molar-refractivity contribution is 5.01. The topological polar surface area (TPSA) is 41.3 Å². The van der Waals surface area contributed by atoms with Gasteiger partial charge in [0.2, 0.25) is 0 Å². The van der Waals surface area contributed by atoms with E-state index in [9.17, 15) is 0 Å². The van der Waals surface area contributed by atoms with Gasteiger partial charge in [0.25, 0.3) is 0 Å². The Balaban J connectivity index is 2.59. The lowest BCUT2D eigenvalue weighted by Crippen LogP contribution is -2.54. The minimum atomic E-state index is 0.135. The first-order valence-corrected chi connectivity index (χ1v) is 7.46. The van der Waals surface area contributed by atoms with Gasteiger partial charge in [-0.25, -0.2) is 0 Å². The Morgan fingerprint density at radius 3 is 2.17 bits per heavy atom. The summed E-state index contributed by atoms with van der Waals surface area (Å²) < 4.78 is 0. The first kappa shape index (κ1) is 15.9. The SMILES string of the molecule is CC(C)C(CNC1(CN)CC(C)N(C)C1)C(C)C. The van der Waals surface area contributed by atoms with E-state index in [1.165, 1.54) is 6.42 Å². The Labute approximate surface area is 113 Å².